The minimum absolute atomic E-state index is 0.179. The van der Waals surface area contributed by atoms with Gasteiger partial charge in [-0.25, -0.2) is 5.14 Å². The Morgan fingerprint density at radius 2 is 2.13 bits per heavy atom. The molecule has 0 amide bonds. The van der Waals surface area contributed by atoms with Crippen LogP contribution < -0.4 is 5.14 Å². The lowest BCUT2D eigenvalue weighted by Crippen LogP contribution is -2.41. The minimum Gasteiger partial charge on any atom is -0.260 e. The van der Waals surface area contributed by atoms with Gasteiger partial charge in [-0.3, -0.25) is 4.98 Å². The number of rotatable bonds is 4. The molecule has 0 aliphatic carbocycles. The van der Waals surface area contributed by atoms with Gasteiger partial charge < -0.3 is 0 Å². The Labute approximate surface area is 90.1 Å². The van der Waals surface area contributed by atoms with Crippen molar-refractivity contribution < 1.29 is 8.42 Å². The number of aromatic nitrogens is 1. The Hall–Kier alpha value is -0.980. The Bertz CT molecular complexity index is 403. The zero-order valence-corrected chi connectivity index (χ0v) is 9.61. The van der Waals surface area contributed by atoms with Crippen LogP contribution in [-0.4, -0.2) is 23.7 Å². The van der Waals surface area contributed by atoms with Crippen molar-refractivity contribution in [1.29, 1.82) is 0 Å². The van der Waals surface area contributed by atoms with Gasteiger partial charge in [0.15, 0.2) is 0 Å². The molecule has 0 saturated heterocycles. The third-order valence-electron chi connectivity index (χ3n) is 1.95. The van der Waals surface area contributed by atoms with Gasteiger partial charge in [0.2, 0.25) is 0 Å². The molecule has 1 aromatic rings. The second-order valence-corrected chi connectivity index (χ2v) is 5.00. The summed E-state index contributed by atoms with van der Waals surface area (Å²) in [4.78, 5) is 4.05. The fourth-order valence-corrected chi connectivity index (χ4v) is 2.12. The van der Waals surface area contributed by atoms with Crippen molar-refractivity contribution in [1.82, 2.24) is 9.29 Å². The molecule has 0 saturated carbocycles. The molecule has 1 aromatic heterocycles. The molecule has 0 bridgehead atoms. The molecule has 1 rings (SSSR count). The topological polar surface area (TPSA) is 76.3 Å². The van der Waals surface area contributed by atoms with Crippen LogP contribution in [0.4, 0.5) is 0 Å². The first-order valence-corrected chi connectivity index (χ1v) is 6.11. The fourth-order valence-electron chi connectivity index (χ4n) is 1.22. The number of hydrogen-bond donors (Lipinski definition) is 1. The predicted molar refractivity (Wildman–Crippen MR) is 58.0 cm³/mol. The lowest BCUT2D eigenvalue weighted by atomic mass is 10.3. The second-order valence-electron chi connectivity index (χ2n) is 3.50. The molecule has 0 fully saturated rings. The fraction of sp³-hybridized carbons (Fsp3) is 0.444. The highest BCUT2D eigenvalue weighted by Gasteiger charge is 2.21. The van der Waals surface area contributed by atoms with Crippen LogP contribution in [-0.2, 0) is 16.8 Å². The zero-order valence-electron chi connectivity index (χ0n) is 8.79. The highest BCUT2D eigenvalue weighted by molar-refractivity contribution is 7.86. The van der Waals surface area contributed by atoms with E-state index >= 15 is 0 Å². The summed E-state index contributed by atoms with van der Waals surface area (Å²) in [5, 5.41) is 5.10. The first-order valence-electron chi connectivity index (χ1n) is 4.60. The van der Waals surface area contributed by atoms with E-state index in [9.17, 15) is 8.42 Å². The molecule has 5 nitrogen and oxygen atoms in total. The molecule has 15 heavy (non-hydrogen) atoms. The van der Waals surface area contributed by atoms with Gasteiger partial charge in [-0.05, 0) is 26.0 Å². The molecule has 0 unspecified atom stereocenters. The Morgan fingerprint density at radius 1 is 1.47 bits per heavy atom. The molecule has 0 atom stereocenters. The molecule has 1 heterocycles. The molecular formula is C9H15N3O2S. The van der Waals surface area contributed by atoms with Gasteiger partial charge >= 0.3 is 0 Å². The molecule has 0 aromatic carbocycles. The van der Waals surface area contributed by atoms with Crippen LogP contribution >= 0.6 is 0 Å². The summed E-state index contributed by atoms with van der Waals surface area (Å²) in [5.74, 6) is 0. The van der Waals surface area contributed by atoms with E-state index in [2.05, 4.69) is 4.98 Å². The third kappa shape index (κ3) is 3.58. The van der Waals surface area contributed by atoms with Crippen molar-refractivity contribution in [3.05, 3.63) is 30.1 Å². The SMILES string of the molecule is CC(C)N(Cc1ccccn1)S(N)(=O)=O. The molecule has 0 aliphatic rings. The van der Waals surface area contributed by atoms with E-state index in [0.29, 0.717) is 5.69 Å². The normalized spacial score (nSPS) is 12.3. The van der Waals surface area contributed by atoms with E-state index in [4.69, 9.17) is 5.14 Å². The third-order valence-corrected chi connectivity index (χ3v) is 3.15. The van der Waals surface area contributed by atoms with E-state index in [1.807, 2.05) is 6.07 Å². The van der Waals surface area contributed by atoms with E-state index in [1.54, 1.807) is 32.2 Å². The van der Waals surface area contributed by atoms with Crippen LogP contribution in [0, 0.1) is 0 Å². The Morgan fingerprint density at radius 3 is 2.53 bits per heavy atom. The summed E-state index contributed by atoms with van der Waals surface area (Å²) >= 11 is 0. The van der Waals surface area contributed by atoms with Gasteiger partial charge in [-0.15, -0.1) is 0 Å². The van der Waals surface area contributed by atoms with Crippen LogP contribution in [0.1, 0.15) is 19.5 Å². The van der Waals surface area contributed by atoms with Crippen LogP contribution in [0.2, 0.25) is 0 Å². The summed E-state index contributed by atoms with van der Waals surface area (Å²) in [6.07, 6.45) is 1.62. The van der Waals surface area contributed by atoms with Gasteiger partial charge in [0, 0.05) is 12.2 Å². The van der Waals surface area contributed by atoms with Crippen LogP contribution in [0.25, 0.3) is 0 Å². The molecule has 6 heteroatoms. The van der Waals surface area contributed by atoms with Crippen molar-refractivity contribution in [3.63, 3.8) is 0 Å². The van der Waals surface area contributed by atoms with Crippen molar-refractivity contribution in [2.24, 2.45) is 5.14 Å². The largest absolute Gasteiger partial charge is 0.277 e. The standard InChI is InChI=1S/C9H15N3O2S/c1-8(2)12(15(10,13)14)7-9-5-3-4-6-11-9/h3-6,8H,7H2,1-2H3,(H2,10,13,14). The maximum atomic E-state index is 11.3. The van der Waals surface area contributed by atoms with Gasteiger partial charge in [0.1, 0.15) is 0 Å². The van der Waals surface area contributed by atoms with E-state index in [0.717, 1.165) is 0 Å². The molecule has 0 radical (unpaired) electrons. The molecular weight excluding hydrogens is 214 g/mol. The Balaban J connectivity index is 2.87. The number of nitrogens with two attached hydrogens (primary N) is 1. The molecule has 2 N–H and O–H groups in total. The lowest BCUT2D eigenvalue weighted by Gasteiger charge is -2.22. The summed E-state index contributed by atoms with van der Waals surface area (Å²) in [6, 6.07) is 5.17. The average molecular weight is 229 g/mol. The number of pyridine rings is 1. The molecule has 0 aliphatic heterocycles. The van der Waals surface area contributed by atoms with Crippen molar-refractivity contribution in [3.8, 4) is 0 Å². The van der Waals surface area contributed by atoms with Crippen LogP contribution in [0.3, 0.4) is 0 Å². The highest BCUT2D eigenvalue weighted by atomic mass is 32.2. The second kappa shape index (κ2) is 4.69. The van der Waals surface area contributed by atoms with Gasteiger partial charge in [-0.1, -0.05) is 6.07 Å². The minimum atomic E-state index is -3.67. The molecule has 0 spiro atoms. The smallest absolute Gasteiger partial charge is 0.260 e. The Kier molecular flexibility index (Phi) is 3.78. The summed E-state index contributed by atoms with van der Waals surface area (Å²) in [5.41, 5.74) is 0.681. The zero-order chi connectivity index (χ0) is 11.5. The monoisotopic (exact) mass is 229 g/mol. The summed E-state index contributed by atoms with van der Waals surface area (Å²) < 4.78 is 23.7. The van der Waals surface area contributed by atoms with Crippen molar-refractivity contribution >= 4 is 10.2 Å². The summed E-state index contributed by atoms with van der Waals surface area (Å²) in [7, 11) is -3.67. The maximum Gasteiger partial charge on any atom is 0.277 e. The first kappa shape index (κ1) is 12.1. The van der Waals surface area contributed by atoms with Crippen molar-refractivity contribution in [2.45, 2.75) is 26.4 Å². The van der Waals surface area contributed by atoms with E-state index in [1.165, 1.54) is 4.31 Å². The van der Waals surface area contributed by atoms with Gasteiger partial charge in [0.05, 0.1) is 12.2 Å². The van der Waals surface area contributed by atoms with E-state index in [-0.39, 0.29) is 12.6 Å². The van der Waals surface area contributed by atoms with Crippen molar-refractivity contribution in [2.75, 3.05) is 0 Å². The highest BCUT2D eigenvalue weighted by Crippen LogP contribution is 2.08. The summed E-state index contributed by atoms with van der Waals surface area (Å²) in [6.45, 7) is 3.75. The first-order chi connectivity index (χ1) is 6.91. The van der Waals surface area contributed by atoms with Gasteiger partial charge in [-0.2, -0.15) is 12.7 Å². The number of nitrogens with zero attached hydrogens (tertiary/aromatic N) is 2. The van der Waals surface area contributed by atoms with Crippen LogP contribution in [0.5, 0.6) is 0 Å². The number of hydrogen-bond acceptors (Lipinski definition) is 3. The quantitative estimate of drug-likeness (QED) is 0.816. The molecule has 84 valence electrons. The maximum absolute atomic E-state index is 11.3. The predicted octanol–water partition coefficient (Wildman–Crippen LogP) is 0.496. The lowest BCUT2D eigenvalue weighted by molar-refractivity contribution is 0.345. The van der Waals surface area contributed by atoms with Crippen LogP contribution in [0.15, 0.2) is 24.4 Å². The average Bonchev–Trinajstić information content (AvgIpc) is 2.13. The van der Waals surface area contributed by atoms with Gasteiger partial charge in [0.25, 0.3) is 10.2 Å². The van der Waals surface area contributed by atoms with E-state index < -0.39 is 10.2 Å².